The fourth-order valence-electron chi connectivity index (χ4n) is 3.25. The highest BCUT2D eigenvalue weighted by Gasteiger charge is 2.23. The Morgan fingerprint density at radius 1 is 1.15 bits per heavy atom. The highest BCUT2D eigenvalue weighted by molar-refractivity contribution is 5.54. The Bertz CT molecular complexity index is 450. The molecule has 0 aliphatic heterocycles. The smallest absolute Gasteiger partial charge is 0.123 e. The lowest BCUT2D eigenvalue weighted by molar-refractivity contribution is 0.427. The summed E-state index contributed by atoms with van der Waals surface area (Å²) in [7, 11) is 2.17. The zero-order valence-corrected chi connectivity index (χ0v) is 12.4. The first kappa shape index (κ1) is 13.9. The van der Waals surface area contributed by atoms with Gasteiger partial charge in [0.05, 0.1) is 0 Å². The topological polar surface area (TPSA) is 15.3 Å². The molecule has 3 heteroatoms. The van der Waals surface area contributed by atoms with Crippen molar-refractivity contribution in [1.82, 2.24) is 5.32 Å². The zero-order valence-electron chi connectivity index (χ0n) is 12.4. The number of benzene rings is 1. The van der Waals surface area contributed by atoms with Crippen LogP contribution in [0.25, 0.3) is 0 Å². The van der Waals surface area contributed by atoms with Gasteiger partial charge in [-0.2, -0.15) is 0 Å². The first-order valence-corrected chi connectivity index (χ1v) is 7.98. The van der Waals surface area contributed by atoms with Crippen LogP contribution in [0.2, 0.25) is 0 Å². The number of nitrogens with zero attached hydrogens (tertiary/aromatic N) is 1. The average Bonchev–Trinajstić information content (AvgIpc) is 3.30. The van der Waals surface area contributed by atoms with Crippen LogP contribution in [-0.2, 0) is 6.54 Å². The zero-order chi connectivity index (χ0) is 13.9. The molecular formula is C17H25FN2. The second kappa shape index (κ2) is 6.13. The quantitative estimate of drug-likeness (QED) is 0.879. The van der Waals surface area contributed by atoms with Gasteiger partial charge in [-0.3, -0.25) is 0 Å². The minimum atomic E-state index is -0.126. The van der Waals surface area contributed by atoms with Gasteiger partial charge in [-0.15, -0.1) is 0 Å². The summed E-state index contributed by atoms with van der Waals surface area (Å²) in [5, 5.41) is 3.50. The third-order valence-corrected chi connectivity index (χ3v) is 4.70. The van der Waals surface area contributed by atoms with Gasteiger partial charge in [0.2, 0.25) is 0 Å². The molecule has 2 aliphatic rings. The molecule has 3 rings (SSSR count). The van der Waals surface area contributed by atoms with Gasteiger partial charge < -0.3 is 10.2 Å². The van der Waals surface area contributed by atoms with Crippen LogP contribution in [0, 0.1) is 5.82 Å². The molecule has 0 spiro atoms. The molecule has 2 saturated carbocycles. The summed E-state index contributed by atoms with van der Waals surface area (Å²) in [5.41, 5.74) is 2.30. The molecule has 2 fully saturated rings. The van der Waals surface area contributed by atoms with Crippen molar-refractivity contribution in [3.63, 3.8) is 0 Å². The van der Waals surface area contributed by atoms with Gasteiger partial charge in [0.25, 0.3) is 0 Å². The number of anilines is 1. The molecule has 1 aromatic carbocycles. The first-order chi connectivity index (χ1) is 9.74. The van der Waals surface area contributed by atoms with Crippen molar-refractivity contribution >= 4 is 5.69 Å². The molecule has 20 heavy (non-hydrogen) atoms. The van der Waals surface area contributed by atoms with Crippen LogP contribution < -0.4 is 10.2 Å². The second-order valence-electron chi connectivity index (χ2n) is 6.33. The van der Waals surface area contributed by atoms with E-state index in [1.165, 1.54) is 50.6 Å². The van der Waals surface area contributed by atoms with Gasteiger partial charge in [0, 0.05) is 31.4 Å². The van der Waals surface area contributed by atoms with Gasteiger partial charge in [0.1, 0.15) is 5.82 Å². The van der Waals surface area contributed by atoms with Crippen molar-refractivity contribution in [2.24, 2.45) is 0 Å². The van der Waals surface area contributed by atoms with Crippen molar-refractivity contribution in [2.75, 3.05) is 11.9 Å². The highest BCUT2D eigenvalue weighted by atomic mass is 19.1. The number of hydrogen-bond acceptors (Lipinski definition) is 2. The minimum Gasteiger partial charge on any atom is -0.371 e. The van der Waals surface area contributed by atoms with Crippen molar-refractivity contribution in [1.29, 1.82) is 0 Å². The molecule has 0 radical (unpaired) electrons. The largest absolute Gasteiger partial charge is 0.371 e. The Balaban J connectivity index is 1.75. The lowest BCUT2D eigenvalue weighted by atomic mass is 9.93. The van der Waals surface area contributed by atoms with E-state index in [2.05, 4.69) is 17.3 Å². The van der Waals surface area contributed by atoms with Crippen molar-refractivity contribution in [3.05, 3.63) is 29.6 Å². The van der Waals surface area contributed by atoms with Gasteiger partial charge in [-0.1, -0.05) is 19.3 Å². The monoisotopic (exact) mass is 276 g/mol. The van der Waals surface area contributed by atoms with Crippen molar-refractivity contribution < 1.29 is 4.39 Å². The summed E-state index contributed by atoms with van der Waals surface area (Å²) in [6, 6.07) is 6.52. The maximum Gasteiger partial charge on any atom is 0.123 e. The lowest BCUT2D eigenvalue weighted by Gasteiger charge is -2.34. The van der Waals surface area contributed by atoms with Crippen molar-refractivity contribution in [2.45, 2.75) is 63.6 Å². The highest BCUT2D eigenvalue weighted by Crippen LogP contribution is 2.29. The fraction of sp³-hybridized carbons (Fsp3) is 0.647. The summed E-state index contributed by atoms with van der Waals surface area (Å²) >= 11 is 0. The van der Waals surface area contributed by atoms with E-state index in [-0.39, 0.29) is 5.82 Å². The summed E-state index contributed by atoms with van der Waals surface area (Å²) in [6.45, 7) is 0.787. The molecule has 2 nitrogen and oxygen atoms in total. The van der Waals surface area contributed by atoms with Gasteiger partial charge in [0.15, 0.2) is 0 Å². The van der Waals surface area contributed by atoms with E-state index in [4.69, 9.17) is 0 Å². The van der Waals surface area contributed by atoms with E-state index in [1.54, 1.807) is 12.1 Å². The van der Waals surface area contributed by atoms with E-state index in [9.17, 15) is 4.39 Å². The van der Waals surface area contributed by atoms with E-state index >= 15 is 0 Å². The molecule has 0 saturated heterocycles. The number of hydrogen-bond donors (Lipinski definition) is 1. The van der Waals surface area contributed by atoms with Gasteiger partial charge in [-0.25, -0.2) is 4.39 Å². The van der Waals surface area contributed by atoms with E-state index in [1.807, 2.05) is 6.07 Å². The molecule has 0 aromatic heterocycles. The maximum absolute atomic E-state index is 13.5. The predicted molar refractivity (Wildman–Crippen MR) is 81.5 cm³/mol. The Morgan fingerprint density at radius 2 is 1.90 bits per heavy atom. The minimum absolute atomic E-state index is 0.126. The van der Waals surface area contributed by atoms with Crippen LogP contribution >= 0.6 is 0 Å². The molecule has 110 valence electrons. The normalized spacial score (nSPS) is 20.1. The molecule has 0 unspecified atom stereocenters. The van der Waals surface area contributed by atoms with Crippen LogP contribution in [0.3, 0.4) is 0 Å². The Labute approximate surface area is 121 Å². The molecule has 0 bridgehead atoms. The van der Waals surface area contributed by atoms with Crippen molar-refractivity contribution in [3.8, 4) is 0 Å². The average molecular weight is 276 g/mol. The van der Waals surface area contributed by atoms with Gasteiger partial charge in [-0.05, 0) is 49.4 Å². The molecule has 1 N–H and O–H groups in total. The SMILES string of the molecule is CN(c1ccc(F)cc1CNC1CC1)C1CCCCC1. The third-order valence-electron chi connectivity index (χ3n) is 4.70. The van der Waals surface area contributed by atoms with Crippen LogP contribution in [0.5, 0.6) is 0 Å². The Hall–Kier alpha value is -1.09. The van der Waals surface area contributed by atoms with Crippen LogP contribution in [-0.4, -0.2) is 19.1 Å². The summed E-state index contributed by atoms with van der Waals surface area (Å²) in [6.07, 6.45) is 9.08. The predicted octanol–water partition coefficient (Wildman–Crippen LogP) is 3.85. The van der Waals surface area contributed by atoms with E-state index in [0.29, 0.717) is 12.1 Å². The number of halogens is 1. The Kier molecular flexibility index (Phi) is 4.25. The molecular weight excluding hydrogens is 251 g/mol. The first-order valence-electron chi connectivity index (χ1n) is 7.98. The molecule has 1 aromatic rings. The second-order valence-corrected chi connectivity index (χ2v) is 6.33. The summed E-state index contributed by atoms with van der Waals surface area (Å²) in [5.74, 6) is -0.126. The fourth-order valence-corrected chi connectivity index (χ4v) is 3.25. The third kappa shape index (κ3) is 3.32. The number of rotatable bonds is 5. The molecule has 0 heterocycles. The lowest BCUT2D eigenvalue weighted by Crippen LogP contribution is -2.34. The Morgan fingerprint density at radius 3 is 2.60 bits per heavy atom. The number of nitrogens with one attached hydrogen (secondary N) is 1. The van der Waals surface area contributed by atoms with Crippen LogP contribution in [0.4, 0.5) is 10.1 Å². The van der Waals surface area contributed by atoms with E-state index < -0.39 is 0 Å². The van der Waals surface area contributed by atoms with E-state index in [0.717, 1.165) is 12.1 Å². The van der Waals surface area contributed by atoms with Crippen LogP contribution in [0.15, 0.2) is 18.2 Å². The summed E-state index contributed by atoms with van der Waals surface area (Å²) < 4.78 is 13.5. The molecule has 0 amide bonds. The molecule has 2 aliphatic carbocycles. The van der Waals surface area contributed by atoms with Crippen LogP contribution in [0.1, 0.15) is 50.5 Å². The standard InChI is InChI=1S/C17H25FN2/c1-20(16-5-3-2-4-6-16)17-10-7-14(18)11-13(17)12-19-15-8-9-15/h7,10-11,15-16,19H,2-6,8-9,12H2,1H3. The maximum atomic E-state index is 13.5. The van der Waals surface area contributed by atoms with Gasteiger partial charge >= 0.3 is 0 Å². The summed E-state index contributed by atoms with van der Waals surface area (Å²) in [4.78, 5) is 2.38. The molecule has 0 atom stereocenters.